The summed E-state index contributed by atoms with van der Waals surface area (Å²) in [5, 5.41) is 2.96. The SMILES string of the molecule is CNc1ccc(S(=O)(=O)NCC2(C)CCC2)cc1. The molecule has 18 heavy (non-hydrogen) atoms. The number of anilines is 1. The lowest BCUT2D eigenvalue weighted by atomic mass is 9.71. The van der Waals surface area contributed by atoms with E-state index < -0.39 is 10.0 Å². The Kier molecular flexibility index (Phi) is 3.64. The normalized spacial score (nSPS) is 18.1. The fraction of sp³-hybridized carbons (Fsp3) is 0.538. The van der Waals surface area contributed by atoms with Gasteiger partial charge < -0.3 is 5.32 Å². The largest absolute Gasteiger partial charge is 0.388 e. The molecule has 0 bridgehead atoms. The van der Waals surface area contributed by atoms with Gasteiger partial charge in [0.25, 0.3) is 0 Å². The van der Waals surface area contributed by atoms with Crippen LogP contribution in [0.3, 0.4) is 0 Å². The standard InChI is InChI=1S/C13H20N2O2S/c1-13(8-3-9-13)10-15-18(16,17)12-6-4-11(14-2)5-7-12/h4-7,14-15H,3,8-10H2,1-2H3. The molecule has 0 spiro atoms. The van der Waals surface area contributed by atoms with E-state index >= 15 is 0 Å². The number of nitrogens with one attached hydrogen (secondary N) is 2. The highest BCUT2D eigenvalue weighted by atomic mass is 32.2. The zero-order chi connectivity index (χ0) is 13.2. The first-order chi connectivity index (χ1) is 8.45. The number of sulfonamides is 1. The molecule has 1 aromatic rings. The lowest BCUT2D eigenvalue weighted by Gasteiger charge is -2.38. The van der Waals surface area contributed by atoms with Gasteiger partial charge in [-0.15, -0.1) is 0 Å². The highest BCUT2D eigenvalue weighted by molar-refractivity contribution is 7.89. The van der Waals surface area contributed by atoms with Gasteiger partial charge in [-0.1, -0.05) is 13.3 Å². The van der Waals surface area contributed by atoms with E-state index in [0.29, 0.717) is 11.4 Å². The minimum atomic E-state index is -3.37. The van der Waals surface area contributed by atoms with Gasteiger partial charge in [-0.25, -0.2) is 13.1 Å². The third kappa shape index (κ3) is 2.84. The molecule has 1 aliphatic rings. The van der Waals surface area contributed by atoms with E-state index in [2.05, 4.69) is 17.0 Å². The summed E-state index contributed by atoms with van der Waals surface area (Å²) in [5.41, 5.74) is 1.05. The van der Waals surface area contributed by atoms with Crippen molar-refractivity contribution in [2.45, 2.75) is 31.1 Å². The molecule has 0 aromatic heterocycles. The third-order valence-electron chi connectivity index (χ3n) is 3.70. The molecular formula is C13H20N2O2S. The topological polar surface area (TPSA) is 58.2 Å². The van der Waals surface area contributed by atoms with Gasteiger partial charge in [-0.2, -0.15) is 0 Å². The van der Waals surface area contributed by atoms with Crippen molar-refractivity contribution in [1.82, 2.24) is 4.72 Å². The van der Waals surface area contributed by atoms with Gasteiger partial charge in [0.2, 0.25) is 10.0 Å². The summed E-state index contributed by atoms with van der Waals surface area (Å²) < 4.78 is 26.9. The minimum Gasteiger partial charge on any atom is -0.388 e. The maximum Gasteiger partial charge on any atom is 0.240 e. The molecule has 5 heteroatoms. The predicted octanol–water partition coefficient (Wildman–Crippen LogP) is 2.20. The second-order valence-electron chi connectivity index (χ2n) is 5.26. The van der Waals surface area contributed by atoms with Crippen LogP contribution in [0.5, 0.6) is 0 Å². The van der Waals surface area contributed by atoms with Crippen LogP contribution in [0.4, 0.5) is 5.69 Å². The smallest absolute Gasteiger partial charge is 0.240 e. The molecule has 0 radical (unpaired) electrons. The van der Waals surface area contributed by atoms with E-state index in [1.54, 1.807) is 31.3 Å². The maximum absolute atomic E-state index is 12.1. The van der Waals surface area contributed by atoms with Gasteiger partial charge in [0.1, 0.15) is 0 Å². The fourth-order valence-corrected chi connectivity index (χ4v) is 3.31. The summed E-state index contributed by atoms with van der Waals surface area (Å²) in [4.78, 5) is 0.324. The van der Waals surface area contributed by atoms with Gasteiger partial charge in [-0.3, -0.25) is 0 Å². The van der Waals surface area contributed by atoms with Crippen molar-refractivity contribution in [1.29, 1.82) is 0 Å². The Balaban J connectivity index is 2.05. The first-order valence-electron chi connectivity index (χ1n) is 6.23. The molecule has 100 valence electrons. The molecule has 0 atom stereocenters. The van der Waals surface area contributed by atoms with Crippen molar-refractivity contribution >= 4 is 15.7 Å². The summed E-state index contributed by atoms with van der Waals surface area (Å²) in [6.45, 7) is 2.66. The highest BCUT2D eigenvalue weighted by Crippen LogP contribution is 2.39. The number of hydrogen-bond donors (Lipinski definition) is 2. The number of hydrogen-bond acceptors (Lipinski definition) is 3. The molecule has 2 N–H and O–H groups in total. The highest BCUT2D eigenvalue weighted by Gasteiger charge is 2.32. The Morgan fingerprint density at radius 3 is 2.28 bits per heavy atom. The Hall–Kier alpha value is -1.07. The molecule has 1 fully saturated rings. The molecule has 0 saturated heterocycles. The zero-order valence-electron chi connectivity index (χ0n) is 10.9. The number of rotatable bonds is 5. The van der Waals surface area contributed by atoms with Crippen molar-refractivity contribution < 1.29 is 8.42 Å². The molecule has 2 rings (SSSR count). The summed E-state index contributed by atoms with van der Waals surface area (Å²) in [6, 6.07) is 6.77. The van der Waals surface area contributed by atoms with Crippen molar-refractivity contribution in [3.8, 4) is 0 Å². The van der Waals surface area contributed by atoms with E-state index in [4.69, 9.17) is 0 Å². The average Bonchev–Trinajstić information content (AvgIpc) is 2.34. The van der Waals surface area contributed by atoms with Crippen LogP contribution in [-0.2, 0) is 10.0 Å². The summed E-state index contributed by atoms with van der Waals surface area (Å²) in [6.07, 6.45) is 3.41. The van der Waals surface area contributed by atoms with Gasteiger partial charge in [-0.05, 0) is 42.5 Å². The molecular weight excluding hydrogens is 248 g/mol. The van der Waals surface area contributed by atoms with Crippen LogP contribution < -0.4 is 10.0 Å². The number of benzene rings is 1. The predicted molar refractivity (Wildman–Crippen MR) is 73.1 cm³/mol. The van der Waals surface area contributed by atoms with Crippen LogP contribution in [0.2, 0.25) is 0 Å². The van der Waals surface area contributed by atoms with Crippen LogP contribution in [0.1, 0.15) is 26.2 Å². The average molecular weight is 268 g/mol. The maximum atomic E-state index is 12.1. The molecule has 0 aliphatic heterocycles. The van der Waals surface area contributed by atoms with E-state index in [0.717, 1.165) is 18.5 Å². The van der Waals surface area contributed by atoms with Gasteiger partial charge in [0.05, 0.1) is 4.90 Å². The first-order valence-corrected chi connectivity index (χ1v) is 7.71. The van der Waals surface area contributed by atoms with Gasteiger partial charge in [0.15, 0.2) is 0 Å². The molecule has 0 amide bonds. The zero-order valence-corrected chi connectivity index (χ0v) is 11.7. The monoisotopic (exact) mass is 268 g/mol. The Bertz CT molecular complexity index is 504. The lowest BCUT2D eigenvalue weighted by molar-refractivity contribution is 0.166. The van der Waals surface area contributed by atoms with Crippen LogP contribution in [0, 0.1) is 5.41 Å². The van der Waals surface area contributed by atoms with Crippen molar-refractivity contribution in [3.63, 3.8) is 0 Å². The summed E-state index contributed by atoms with van der Waals surface area (Å²) in [5.74, 6) is 0. The van der Waals surface area contributed by atoms with E-state index in [-0.39, 0.29) is 5.41 Å². The van der Waals surface area contributed by atoms with E-state index in [1.165, 1.54) is 6.42 Å². The van der Waals surface area contributed by atoms with Gasteiger partial charge >= 0.3 is 0 Å². The fourth-order valence-electron chi connectivity index (χ4n) is 2.11. The minimum absolute atomic E-state index is 0.151. The molecule has 1 aromatic carbocycles. The molecule has 1 aliphatic carbocycles. The molecule has 4 nitrogen and oxygen atoms in total. The summed E-state index contributed by atoms with van der Waals surface area (Å²) in [7, 11) is -1.57. The Labute approximate surface area is 109 Å². The van der Waals surface area contributed by atoms with Crippen molar-refractivity contribution in [2.24, 2.45) is 5.41 Å². The van der Waals surface area contributed by atoms with E-state index in [1.807, 2.05) is 0 Å². The Morgan fingerprint density at radius 2 is 1.83 bits per heavy atom. The third-order valence-corrected chi connectivity index (χ3v) is 5.12. The van der Waals surface area contributed by atoms with Crippen molar-refractivity contribution in [3.05, 3.63) is 24.3 Å². The molecule has 0 heterocycles. The van der Waals surface area contributed by atoms with E-state index in [9.17, 15) is 8.42 Å². The Morgan fingerprint density at radius 1 is 1.22 bits per heavy atom. The van der Waals surface area contributed by atoms with Gasteiger partial charge in [0, 0.05) is 19.3 Å². The van der Waals surface area contributed by atoms with Crippen LogP contribution in [0.15, 0.2) is 29.2 Å². The second-order valence-corrected chi connectivity index (χ2v) is 7.03. The van der Waals surface area contributed by atoms with Crippen LogP contribution >= 0.6 is 0 Å². The molecule has 1 saturated carbocycles. The van der Waals surface area contributed by atoms with Crippen LogP contribution in [0.25, 0.3) is 0 Å². The van der Waals surface area contributed by atoms with Crippen LogP contribution in [-0.4, -0.2) is 22.0 Å². The quantitative estimate of drug-likeness (QED) is 0.860. The summed E-state index contributed by atoms with van der Waals surface area (Å²) >= 11 is 0. The molecule has 0 unspecified atom stereocenters. The van der Waals surface area contributed by atoms with Crippen molar-refractivity contribution in [2.75, 3.05) is 18.9 Å². The lowest BCUT2D eigenvalue weighted by Crippen LogP contribution is -2.39. The first kappa shape index (κ1) is 13.4. The second kappa shape index (κ2) is 4.90.